The maximum Gasteiger partial charge on any atom is 0.162 e. The molecule has 8 heteroatoms. The van der Waals surface area contributed by atoms with Crippen molar-refractivity contribution in [2.24, 2.45) is 11.7 Å². The topological polar surface area (TPSA) is 116 Å². The first-order valence-electron chi connectivity index (χ1n) is 9.31. The molecule has 140 valence electrons. The summed E-state index contributed by atoms with van der Waals surface area (Å²) in [6.07, 6.45) is 4.07. The van der Waals surface area contributed by atoms with Gasteiger partial charge in [-0.2, -0.15) is 0 Å². The molecule has 2 aromatic rings. The van der Waals surface area contributed by atoms with E-state index in [1.165, 1.54) is 0 Å². The van der Waals surface area contributed by atoms with Crippen LogP contribution in [0.1, 0.15) is 32.4 Å². The number of likely N-dealkylation sites (tertiary alicyclic amines) is 1. The second-order valence-corrected chi connectivity index (χ2v) is 7.61. The Bertz CT molecular complexity index is 807. The Morgan fingerprint density at radius 3 is 2.96 bits per heavy atom. The molecule has 2 unspecified atom stereocenters. The van der Waals surface area contributed by atoms with Crippen molar-refractivity contribution in [3.63, 3.8) is 0 Å². The number of hydrogen-bond acceptors (Lipinski definition) is 6. The molecule has 26 heavy (non-hydrogen) atoms. The molecule has 0 saturated carbocycles. The number of nitrogens with one attached hydrogen (secondary N) is 3. The number of amidine groups is 1. The molecule has 0 amide bonds. The van der Waals surface area contributed by atoms with Crippen LogP contribution in [0.5, 0.6) is 0 Å². The molecule has 2 fully saturated rings. The lowest BCUT2D eigenvalue weighted by Crippen LogP contribution is -2.66. The van der Waals surface area contributed by atoms with Crippen LogP contribution in [0.4, 0.5) is 5.69 Å². The minimum absolute atomic E-state index is 0.0687. The van der Waals surface area contributed by atoms with Gasteiger partial charge < -0.3 is 20.8 Å². The number of hydrogen-bond donors (Lipinski definition) is 4. The molecular formula is C18H27N7O. The second kappa shape index (κ2) is 6.51. The molecular weight excluding hydrogens is 330 g/mol. The molecule has 0 aliphatic carbocycles. The van der Waals surface area contributed by atoms with Crippen LogP contribution >= 0.6 is 0 Å². The first kappa shape index (κ1) is 17.2. The summed E-state index contributed by atoms with van der Waals surface area (Å²) >= 11 is 0. The number of piperidine rings is 1. The van der Waals surface area contributed by atoms with Gasteiger partial charge in [0, 0.05) is 24.2 Å². The summed E-state index contributed by atoms with van der Waals surface area (Å²) in [6.45, 7) is 8.22. The van der Waals surface area contributed by atoms with Crippen LogP contribution in [0.2, 0.25) is 0 Å². The van der Waals surface area contributed by atoms with Gasteiger partial charge in [0.2, 0.25) is 0 Å². The fourth-order valence-corrected chi connectivity index (χ4v) is 4.08. The van der Waals surface area contributed by atoms with Crippen LogP contribution in [0.15, 0.2) is 12.3 Å². The summed E-state index contributed by atoms with van der Waals surface area (Å²) in [4.78, 5) is 5.66. The monoisotopic (exact) mass is 357 g/mol. The third kappa shape index (κ3) is 2.73. The second-order valence-electron chi connectivity index (χ2n) is 7.61. The van der Waals surface area contributed by atoms with Gasteiger partial charge in [0.15, 0.2) is 11.3 Å². The van der Waals surface area contributed by atoms with Gasteiger partial charge in [0.05, 0.1) is 24.4 Å². The molecule has 2 aliphatic rings. The highest BCUT2D eigenvalue weighted by molar-refractivity contribution is 6.05. The predicted molar refractivity (Wildman–Crippen MR) is 102 cm³/mol. The number of ether oxygens (including phenoxy) is 1. The number of aromatic amines is 1. The highest BCUT2D eigenvalue weighted by Crippen LogP contribution is 2.34. The number of H-pyrrole nitrogens is 1. The van der Waals surface area contributed by atoms with Crippen LogP contribution in [0.25, 0.3) is 11.0 Å². The molecule has 0 bridgehead atoms. The van der Waals surface area contributed by atoms with E-state index in [1.54, 1.807) is 0 Å². The Kier molecular flexibility index (Phi) is 4.32. The number of nitrogens with two attached hydrogens (primary N) is 1. The summed E-state index contributed by atoms with van der Waals surface area (Å²) in [6, 6.07) is 2.21. The summed E-state index contributed by atoms with van der Waals surface area (Å²) in [5.41, 5.74) is 7.87. The lowest BCUT2D eigenvalue weighted by atomic mass is 9.85. The van der Waals surface area contributed by atoms with E-state index < -0.39 is 0 Å². The van der Waals surface area contributed by atoms with Gasteiger partial charge in [-0.1, -0.05) is 13.8 Å². The van der Waals surface area contributed by atoms with Crippen molar-refractivity contribution in [2.75, 3.05) is 31.6 Å². The predicted octanol–water partition coefficient (Wildman–Crippen LogP) is 1.54. The largest absolute Gasteiger partial charge is 0.382 e. The van der Waals surface area contributed by atoms with Crippen molar-refractivity contribution in [3.8, 4) is 0 Å². The van der Waals surface area contributed by atoms with E-state index in [1.807, 2.05) is 12.3 Å². The quantitative estimate of drug-likeness (QED) is 0.476. The van der Waals surface area contributed by atoms with Gasteiger partial charge in [-0.3, -0.25) is 10.3 Å². The number of nitrogens with zero attached hydrogens (tertiary/aromatic N) is 3. The van der Waals surface area contributed by atoms with Crippen LogP contribution < -0.4 is 11.1 Å². The molecule has 5 N–H and O–H groups in total. The normalized spacial score (nSPS) is 25.8. The highest BCUT2D eigenvalue weighted by Gasteiger charge is 2.45. The third-order valence-corrected chi connectivity index (χ3v) is 6.09. The van der Waals surface area contributed by atoms with E-state index in [2.05, 4.69) is 39.2 Å². The van der Waals surface area contributed by atoms with Gasteiger partial charge in [-0.25, -0.2) is 0 Å². The van der Waals surface area contributed by atoms with Crippen molar-refractivity contribution >= 4 is 22.6 Å². The number of rotatable bonds is 5. The number of anilines is 1. The fourth-order valence-electron chi connectivity index (χ4n) is 4.08. The summed E-state index contributed by atoms with van der Waals surface area (Å²) < 4.78 is 5.53. The van der Waals surface area contributed by atoms with Crippen molar-refractivity contribution in [2.45, 2.75) is 38.3 Å². The molecule has 0 radical (unpaired) electrons. The summed E-state index contributed by atoms with van der Waals surface area (Å²) in [5.74, 6) is 0.448. The van der Waals surface area contributed by atoms with Gasteiger partial charge in [-0.05, 0) is 31.4 Å². The van der Waals surface area contributed by atoms with Crippen molar-refractivity contribution in [1.29, 1.82) is 5.41 Å². The Hall–Kier alpha value is -2.19. The van der Waals surface area contributed by atoms with E-state index in [0.29, 0.717) is 17.3 Å². The third-order valence-electron chi connectivity index (χ3n) is 6.09. The molecule has 2 atom stereocenters. The standard InChI is InChI=1S/C18H27N7O/c1-3-18(9-26-10-18)25-7-5-11(2)13(8-25)22-14-12-4-6-21-17(12)24-23-15(14)16(19)20/h4,6,11,13H,3,5,7-10H2,1-2H3,(H3,19,20)(H2,21,22,24). The average molecular weight is 357 g/mol. The molecule has 2 saturated heterocycles. The highest BCUT2D eigenvalue weighted by atomic mass is 16.5. The van der Waals surface area contributed by atoms with E-state index >= 15 is 0 Å². The van der Waals surface area contributed by atoms with E-state index in [9.17, 15) is 0 Å². The number of fused-ring (bicyclic) bond motifs is 1. The van der Waals surface area contributed by atoms with Crippen molar-refractivity contribution in [3.05, 3.63) is 18.0 Å². The number of nitrogen functional groups attached to an aromatic ring is 1. The first-order valence-corrected chi connectivity index (χ1v) is 9.31. The van der Waals surface area contributed by atoms with Crippen LogP contribution in [0, 0.1) is 11.3 Å². The molecule has 0 spiro atoms. The molecule has 2 aliphatic heterocycles. The van der Waals surface area contributed by atoms with E-state index in [0.717, 1.165) is 50.2 Å². The minimum atomic E-state index is -0.0687. The summed E-state index contributed by atoms with van der Waals surface area (Å²) in [7, 11) is 0. The average Bonchev–Trinajstić information content (AvgIpc) is 3.06. The molecule has 4 heterocycles. The van der Waals surface area contributed by atoms with E-state index in [4.69, 9.17) is 15.9 Å². The maximum absolute atomic E-state index is 7.88. The minimum Gasteiger partial charge on any atom is -0.382 e. The first-order chi connectivity index (χ1) is 12.5. The lowest BCUT2D eigenvalue weighted by Gasteiger charge is -2.53. The smallest absolute Gasteiger partial charge is 0.162 e. The Labute approximate surface area is 153 Å². The lowest BCUT2D eigenvalue weighted by molar-refractivity contribution is -0.150. The molecule has 0 aromatic carbocycles. The zero-order valence-electron chi connectivity index (χ0n) is 15.4. The Balaban J connectivity index is 1.63. The number of aromatic nitrogens is 3. The fraction of sp³-hybridized carbons (Fsp3) is 0.611. The molecule has 4 rings (SSSR count). The van der Waals surface area contributed by atoms with Crippen molar-refractivity contribution in [1.82, 2.24) is 20.1 Å². The van der Waals surface area contributed by atoms with Crippen LogP contribution in [-0.2, 0) is 4.74 Å². The van der Waals surface area contributed by atoms with Gasteiger partial charge in [0.25, 0.3) is 0 Å². The van der Waals surface area contributed by atoms with Crippen LogP contribution in [-0.4, -0.2) is 63.8 Å². The van der Waals surface area contributed by atoms with Gasteiger partial charge in [0.1, 0.15) is 5.84 Å². The van der Waals surface area contributed by atoms with E-state index in [-0.39, 0.29) is 17.4 Å². The maximum atomic E-state index is 7.88. The molecule has 8 nitrogen and oxygen atoms in total. The van der Waals surface area contributed by atoms with Crippen LogP contribution in [0.3, 0.4) is 0 Å². The summed E-state index contributed by atoms with van der Waals surface area (Å²) in [5, 5.41) is 20.7. The Morgan fingerprint density at radius 2 is 2.31 bits per heavy atom. The SMILES string of the molecule is CCC1(N2CCC(C)C(Nc3c(C(=N)N)nnc4[nH]ccc34)C2)COC1. The molecule has 2 aromatic heterocycles. The van der Waals surface area contributed by atoms with Crippen molar-refractivity contribution < 1.29 is 4.74 Å². The zero-order chi connectivity index (χ0) is 18.3. The van der Waals surface area contributed by atoms with Gasteiger partial charge >= 0.3 is 0 Å². The van der Waals surface area contributed by atoms with Gasteiger partial charge in [-0.15, -0.1) is 10.2 Å². The zero-order valence-corrected chi connectivity index (χ0v) is 15.4. The Morgan fingerprint density at radius 1 is 1.50 bits per heavy atom.